The second kappa shape index (κ2) is 10.3. The average Bonchev–Trinajstić information content (AvgIpc) is 2.78. The molecule has 0 saturated carbocycles. The molecule has 2 aromatic carbocycles. The van der Waals surface area contributed by atoms with Crippen LogP contribution in [0.5, 0.6) is 0 Å². The molecule has 166 valence electrons. The summed E-state index contributed by atoms with van der Waals surface area (Å²) in [5.41, 5.74) is 1.16. The van der Waals surface area contributed by atoms with Crippen molar-refractivity contribution in [3.05, 3.63) is 95.2 Å². The second-order valence-corrected chi connectivity index (χ2v) is 8.94. The van der Waals surface area contributed by atoms with Crippen LogP contribution in [0.25, 0.3) is 0 Å². The van der Waals surface area contributed by atoms with E-state index in [0.29, 0.717) is 36.3 Å². The molecule has 3 rings (SSSR count). The lowest BCUT2D eigenvalue weighted by Gasteiger charge is -2.17. The molecule has 0 heterocycles. The van der Waals surface area contributed by atoms with Gasteiger partial charge in [-0.3, -0.25) is 14.3 Å². The van der Waals surface area contributed by atoms with E-state index in [0.717, 1.165) is 0 Å². The Bertz CT molecular complexity index is 1210. The molecule has 0 saturated heterocycles. The van der Waals surface area contributed by atoms with E-state index < -0.39 is 15.9 Å². The van der Waals surface area contributed by atoms with E-state index in [4.69, 9.17) is 11.6 Å². The van der Waals surface area contributed by atoms with Crippen LogP contribution in [0.3, 0.4) is 0 Å². The third-order valence-corrected chi connectivity index (χ3v) is 6.43. The van der Waals surface area contributed by atoms with E-state index in [9.17, 15) is 18.0 Å². The summed E-state index contributed by atoms with van der Waals surface area (Å²) < 4.78 is 28.1. The van der Waals surface area contributed by atoms with Crippen molar-refractivity contribution in [1.29, 1.82) is 0 Å². The highest BCUT2D eigenvalue weighted by molar-refractivity contribution is 7.92. The van der Waals surface area contributed by atoms with Gasteiger partial charge < -0.3 is 10.6 Å². The van der Waals surface area contributed by atoms with Crippen LogP contribution >= 0.6 is 11.6 Å². The molecule has 1 aliphatic rings. The highest BCUT2D eigenvalue weighted by Crippen LogP contribution is 2.26. The van der Waals surface area contributed by atoms with Crippen molar-refractivity contribution in [3.8, 4) is 0 Å². The predicted octanol–water partition coefficient (Wildman–Crippen LogP) is 3.78. The Balaban J connectivity index is 1.82. The molecule has 7 nitrogen and oxygen atoms in total. The zero-order valence-electron chi connectivity index (χ0n) is 17.1. The van der Waals surface area contributed by atoms with Crippen molar-refractivity contribution in [2.45, 2.75) is 17.7 Å². The van der Waals surface area contributed by atoms with Gasteiger partial charge in [0.2, 0.25) is 0 Å². The summed E-state index contributed by atoms with van der Waals surface area (Å²) in [6.45, 7) is 3.86. The maximum atomic E-state index is 12.9. The fraction of sp³-hybridized carbons (Fsp3) is 0.130. The van der Waals surface area contributed by atoms with Crippen molar-refractivity contribution >= 4 is 39.1 Å². The Morgan fingerprint density at radius 1 is 1.03 bits per heavy atom. The van der Waals surface area contributed by atoms with Gasteiger partial charge >= 0.3 is 0 Å². The highest BCUT2D eigenvalue weighted by atomic mass is 35.5. The molecular formula is C23H22ClN3O4S. The Morgan fingerprint density at radius 2 is 1.75 bits per heavy atom. The monoisotopic (exact) mass is 471 g/mol. The molecule has 0 aromatic heterocycles. The fourth-order valence-electron chi connectivity index (χ4n) is 3.03. The van der Waals surface area contributed by atoms with Crippen LogP contribution < -0.4 is 15.4 Å². The van der Waals surface area contributed by atoms with E-state index in [2.05, 4.69) is 21.9 Å². The molecule has 2 aromatic rings. The molecule has 9 heteroatoms. The Hall–Kier alpha value is -3.36. The van der Waals surface area contributed by atoms with E-state index in [-0.39, 0.29) is 21.4 Å². The van der Waals surface area contributed by atoms with Crippen molar-refractivity contribution in [2.24, 2.45) is 0 Å². The lowest BCUT2D eigenvalue weighted by molar-refractivity contribution is -0.117. The van der Waals surface area contributed by atoms with Gasteiger partial charge in [-0.25, -0.2) is 8.42 Å². The number of carbonyl (C=O) groups excluding carboxylic acids is 2. The van der Waals surface area contributed by atoms with Gasteiger partial charge in [-0.05, 0) is 43.2 Å². The first-order valence-corrected chi connectivity index (χ1v) is 11.7. The maximum absolute atomic E-state index is 12.9. The van der Waals surface area contributed by atoms with E-state index in [1.807, 2.05) is 0 Å². The number of carbonyl (C=O) groups is 2. The Kier molecular flexibility index (Phi) is 7.50. The number of amides is 2. The molecule has 1 aliphatic carbocycles. The molecule has 0 fully saturated rings. The molecule has 3 N–H and O–H groups in total. The highest BCUT2D eigenvalue weighted by Gasteiger charge is 2.23. The van der Waals surface area contributed by atoms with Gasteiger partial charge in [0.15, 0.2) is 0 Å². The molecule has 0 bridgehead atoms. The number of nitrogens with one attached hydrogen (secondary N) is 3. The van der Waals surface area contributed by atoms with E-state index in [1.165, 1.54) is 18.2 Å². The van der Waals surface area contributed by atoms with Gasteiger partial charge in [0.1, 0.15) is 4.90 Å². The number of rotatable bonds is 8. The van der Waals surface area contributed by atoms with E-state index >= 15 is 0 Å². The first-order valence-electron chi connectivity index (χ1n) is 9.80. The van der Waals surface area contributed by atoms with Gasteiger partial charge in [-0.2, -0.15) is 0 Å². The van der Waals surface area contributed by atoms with Crippen molar-refractivity contribution in [1.82, 2.24) is 10.6 Å². The summed E-state index contributed by atoms with van der Waals surface area (Å²) in [4.78, 5) is 25.0. The number of para-hydroxylation sites is 1. The van der Waals surface area contributed by atoms with Gasteiger partial charge in [0, 0.05) is 23.5 Å². The van der Waals surface area contributed by atoms with Crippen LogP contribution in [0.15, 0.2) is 89.5 Å². The lowest BCUT2D eigenvalue weighted by atomic mass is 10.0. The van der Waals surface area contributed by atoms with Gasteiger partial charge in [0.05, 0.1) is 10.6 Å². The Morgan fingerprint density at radius 3 is 2.47 bits per heavy atom. The molecule has 0 atom stereocenters. The molecule has 0 unspecified atom stereocenters. The summed E-state index contributed by atoms with van der Waals surface area (Å²) in [5.74, 6) is -0.893. The number of allylic oxidation sites excluding steroid dienone is 2. The topological polar surface area (TPSA) is 104 Å². The second-order valence-electron chi connectivity index (χ2n) is 6.88. The fourth-order valence-corrected chi connectivity index (χ4v) is 4.62. The molecule has 0 spiro atoms. The largest absolute Gasteiger partial charge is 0.349 e. The number of benzene rings is 2. The third kappa shape index (κ3) is 5.66. The molecule has 0 radical (unpaired) electrons. The Labute approximate surface area is 191 Å². The summed E-state index contributed by atoms with van der Waals surface area (Å²) in [5, 5.41) is 5.36. The molecule has 2 amide bonds. The first kappa shape index (κ1) is 23.3. The lowest BCUT2D eigenvalue weighted by Crippen LogP contribution is -2.32. The quantitative estimate of drug-likeness (QED) is 0.509. The van der Waals surface area contributed by atoms with Crippen LogP contribution in [0.4, 0.5) is 5.69 Å². The molecule has 0 aliphatic heterocycles. The average molecular weight is 472 g/mol. The minimum atomic E-state index is -4.03. The zero-order valence-corrected chi connectivity index (χ0v) is 18.7. The summed E-state index contributed by atoms with van der Waals surface area (Å²) in [6.07, 6.45) is 6.39. The summed E-state index contributed by atoms with van der Waals surface area (Å²) in [6, 6.07) is 12.3. The van der Waals surface area contributed by atoms with Crippen molar-refractivity contribution < 1.29 is 18.0 Å². The number of hydrogen-bond acceptors (Lipinski definition) is 4. The van der Waals surface area contributed by atoms with Gasteiger partial charge in [0.25, 0.3) is 21.8 Å². The van der Waals surface area contributed by atoms with Gasteiger partial charge in [-0.1, -0.05) is 48.0 Å². The summed E-state index contributed by atoms with van der Waals surface area (Å²) in [7, 11) is -4.03. The SMILES string of the molecule is C=CCNC(=O)C1=CCCC=C1NC(=O)c1ccc(Cl)c(S(=O)(=O)Nc2ccccc2)c1. The van der Waals surface area contributed by atoms with Crippen molar-refractivity contribution in [2.75, 3.05) is 11.3 Å². The zero-order chi connectivity index (χ0) is 23.1. The minimum absolute atomic E-state index is 0.0220. The summed E-state index contributed by atoms with van der Waals surface area (Å²) >= 11 is 6.12. The number of halogens is 1. The third-order valence-electron chi connectivity index (χ3n) is 4.56. The maximum Gasteiger partial charge on any atom is 0.263 e. The van der Waals surface area contributed by atoms with Crippen LogP contribution in [-0.2, 0) is 14.8 Å². The minimum Gasteiger partial charge on any atom is -0.349 e. The van der Waals surface area contributed by atoms with Crippen LogP contribution in [-0.4, -0.2) is 26.8 Å². The van der Waals surface area contributed by atoms with Crippen molar-refractivity contribution in [3.63, 3.8) is 0 Å². The van der Waals surface area contributed by atoms with Crippen LogP contribution in [0.1, 0.15) is 23.2 Å². The smallest absolute Gasteiger partial charge is 0.263 e. The number of hydrogen-bond donors (Lipinski definition) is 3. The molecular weight excluding hydrogens is 450 g/mol. The van der Waals surface area contributed by atoms with Crippen LogP contribution in [0.2, 0.25) is 5.02 Å². The first-order chi connectivity index (χ1) is 15.3. The van der Waals surface area contributed by atoms with Crippen LogP contribution in [0, 0.1) is 0 Å². The molecule has 32 heavy (non-hydrogen) atoms. The number of anilines is 1. The van der Waals surface area contributed by atoms with Gasteiger partial charge in [-0.15, -0.1) is 6.58 Å². The predicted molar refractivity (Wildman–Crippen MR) is 125 cm³/mol. The standard InChI is InChI=1S/C23H22ClN3O4S/c1-2-14-25-23(29)18-10-6-7-11-20(18)26-22(28)16-12-13-19(24)21(15-16)32(30,31)27-17-8-4-3-5-9-17/h2-5,8-13,15,27H,1,6-7,14H2,(H,25,29)(H,26,28). The van der Waals surface area contributed by atoms with E-state index in [1.54, 1.807) is 48.6 Å². The normalized spacial score (nSPS) is 13.4. The number of sulfonamides is 1.